The molecule has 1 aromatic carbocycles. The number of guanidine groups is 1. The molecule has 3 N–H and O–H groups in total. The average Bonchev–Trinajstić information content (AvgIpc) is 2.67. The van der Waals surface area contributed by atoms with E-state index in [9.17, 15) is 4.79 Å². The van der Waals surface area contributed by atoms with Gasteiger partial charge in [0.1, 0.15) is 0 Å². The van der Waals surface area contributed by atoms with Crippen LogP contribution < -0.4 is 11.1 Å². The van der Waals surface area contributed by atoms with Crippen molar-refractivity contribution in [1.29, 1.82) is 0 Å². The maximum atomic E-state index is 11.3. The van der Waals surface area contributed by atoms with E-state index in [-0.39, 0.29) is 5.91 Å². The average molecular weight is 374 g/mol. The molecule has 0 aromatic heterocycles. The highest BCUT2D eigenvalue weighted by Gasteiger charge is 2.23. The highest BCUT2D eigenvalue weighted by molar-refractivity contribution is 5.80. The van der Waals surface area contributed by atoms with Crippen LogP contribution in [0, 0.1) is 5.92 Å². The third-order valence-electron chi connectivity index (χ3n) is 5.36. The summed E-state index contributed by atoms with van der Waals surface area (Å²) in [4.78, 5) is 20.4. The number of hydrogen-bond acceptors (Lipinski definition) is 3. The number of carbonyl (C=O) groups excluding carboxylic acids is 1. The van der Waals surface area contributed by atoms with E-state index in [1.54, 1.807) is 0 Å². The Morgan fingerprint density at radius 1 is 1.30 bits per heavy atom. The summed E-state index contributed by atoms with van der Waals surface area (Å²) in [7, 11) is 1.82. The van der Waals surface area contributed by atoms with Gasteiger partial charge in [0.05, 0.1) is 0 Å². The maximum absolute atomic E-state index is 11.3. The molecule has 1 atom stereocenters. The van der Waals surface area contributed by atoms with Crippen LogP contribution >= 0.6 is 0 Å². The van der Waals surface area contributed by atoms with Crippen molar-refractivity contribution < 1.29 is 4.79 Å². The van der Waals surface area contributed by atoms with Crippen molar-refractivity contribution in [2.45, 2.75) is 46.2 Å². The van der Waals surface area contributed by atoms with Gasteiger partial charge in [0.2, 0.25) is 5.91 Å². The summed E-state index contributed by atoms with van der Waals surface area (Å²) in [5.41, 5.74) is 8.04. The molecule has 1 aromatic rings. The first-order valence-corrected chi connectivity index (χ1v) is 10.1. The summed E-state index contributed by atoms with van der Waals surface area (Å²) < 4.78 is 0. The molecule has 2 rings (SSSR count). The van der Waals surface area contributed by atoms with Crippen molar-refractivity contribution in [2.75, 3.05) is 33.2 Å². The minimum atomic E-state index is -0.213. The molecule has 150 valence electrons. The Bertz CT molecular complexity index is 627. The lowest BCUT2D eigenvalue weighted by Crippen LogP contribution is -2.47. The van der Waals surface area contributed by atoms with Gasteiger partial charge in [0, 0.05) is 39.6 Å². The number of rotatable bonds is 8. The van der Waals surface area contributed by atoms with E-state index in [0.29, 0.717) is 12.3 Å². The first kappa shape index (κ1) is 21.2. The number of benzene rings is 1. The van der Waals surface area contributed by atoms with Crippen LogP contribution in [0.3, 0.4) is 0 Å². The number of nitrogens with zero attached hydrogens (tertiary/aromatic N) is 3. The molecule has 1 unspecified atom stereocenters. The van der Waals surface area contributed by atoms with E-state index in [2.05, 4.69) is 58.2 Å². The predicted molar refractivity (Wildman–Crippen MR) is 111 cm³/mol. The number of aliphatic imine (C=N–C) groups is 1. The van der Waals surface area contributed by atoms with Gasteiger partial charge in [-0.05, 0) is 43.0 Å². The van der Waals surface area contributed by atoms with E-state index in [0.717, 1.165) is 58.1 Å². The molecular weight excluding hydrogens is 338 g/mol. The lowest BCUT2D eigenvalue weighted by molar-refractivity contribution is -0.119. The van der Waals surface area contributed by atoms with E-state index in [1.165, 1.54) is 11.1 Å². The van der Waals surface area contributed by atoms with Crippen LogP contribution in [0.15, 0.2) is 29.3 Å². The van der Waals surface area contributed by atoms with Gasteiger partial charge in [-0.1, -0.05) is 38.1 Å². The summed E-state index contributed by atoms with van der Waals surface area (Å²) in [6.45, 7) is 10.0. The Morgan fingerprint density at radius 3 is 2.63 bits per heavy atom. The number of nitrogens with two attached hydrogens (primary N) is 1. The Labute approximate surface area is 163 Å². The summed E-state index contributed by atoms with van der Waals surface area (Å²) in [5.74, 6) is 1.02. The Hall–Kier alpha value is -2.08. The third-order valence-corrected chi connectivity index (χ3v) is 5.36. The van der Waals surface area contributed by atoms with Crippen LogP contribution in [0.5, 0.6) is 0 Å². The normalized spacial score (nSPS) is 18.0. The molecule has 1 heterocycles. The molecule has 6 nitrogen and oxygen atoms in total. The molecule has 0 aliphatic carbocycles. The van der Waals surface area contributed by atoms with Gasteiger partial charge in [0.25, 0.3) is 0 Å². The van der Waals surface area contributed by atoms with Crippen LogP contribution in [0.2, 0.25) is 0 Å². The molecule has 0 spiro atoms. The van der Waals surface area contributed by atoms with Crippen molar-refractivity contribution in [3.8, 4) is 0 Å². The summed E-state index contributed by atoms with van der Waals surface area (Å²) in [6, 6.07) is 8.60. The molecule has 6 heteroatoms. The minimum Gasteiger partial charge on any atom is -0.370 e. The molecule has 0 radical (unpaired) electrons. The van der Waals surface area contributed by atoms with Gasteiger partial charge in [-0.15, -0.1) is 0 Å². The quantitative estimate of drug-likeness (QED) is 0.541. The largest absolute Gasteiger partial charge is 0.370 e. The standard InChI is InChI=1S/C21H35N5O/c1-4-25(5-2)16-19-11-7-6-10-18(19)14-24-21(23-3)26-12-8-9-17(15-26)13-20(22)27/h6-7,10-11,17H,4-5,8-9,12-16H2,1-3H3,(H2,22,27)(H,23,24). The van der Waals surface area contributed by atoms with E-state index in [4.69, 9.17) is 5.73 Å². The fraction of sp³-hybridized carbons (Fsp3) is 0.619. The monoisotopic (exact) mass is 373 g/mol. The SMILES string of the molecule is CCN(CC)Cc1ccccc1CNC(=NC)N1CCCC(CC(N)=O)C1. The fourth-order valence-electron chi connectivity index (χ4n) is 3.79. The second kappa shape index (κ2) is 10.9. The van der Waals surface area contributed by atoms with Gasteiger partial charge in [-0.3, -0.25) is 14.7 Å². The maximum Gasteiger partial charge on any atom is 0.217 e. The first-order valence-electron chi connectivity index (χ1n) is 10.1. The number of nitrogens with one attached hydrogen (secondary N) is 1. The van der Waals surface area contributed by atoms with Gasteiger partial charge < -0.3 is 16.0 Å². The van der Waals surface area contributed by atoms with Gasteiger partial charge in [0.15, 0.2) is 5.96 Å². The van der Waals surface area contributed by atoms with Crippen LogP contribution in [-0.2, 0) is 17.9 Å². The van der Waals surface area contributed by atoms with Crippen molar-refractivity contribution in [3.63, 3.8) is 0 Å². The van der Waals surface area contributed by atoms with Crippen LogP contribution in [-0.4, -0.2) is 54.9 Å². The zero-order valence-electron chi connectivity index (χ0n) is 17.1. The molecule has 1 fully saturated rings. The van der Waals surface area contributed by atoms with Crippen molar-refractivity contribution >= 4 is 11.9 Å². The number of carbonyl (C=O) groups is 1. The smallest absolute Gasteiger partial charge is 0.217 e. The zero-order chi connectivity index (χ0) is 19.6. The molecule has 1 amide bonds. The third kappa shape index (κ3) is 6.54. The molecule has 27 heavy (non-hydrogen) atoms. The fourth-order valence-corrected chi connectivity index (χ4v) is 3.79. The minimum absolute atomic E-state index is 0.213. The number of likely N-dealkylation sites (tertiary alicyclic amines) is 1. The second-order valence-corrected chi connectivity index (χ2v) is 7.26. The lowest BCUT2D eigenvalue weighted by atomic mass is 9.95. The zero-order valence-corrected chi connectivity index (χ0v) is 17.1. The van der Waals surface area contributed by atoms with E-state index in [1.807, 2.05) is 7.05 Å². The second-order valence-electron chi connectivity index (χ2n) is 7.26. The number of amides is 1. The summed E-state index contributed by atoms with van der Waals surface area (Å²) in [6.07, 6.45) is 2.58. The van der Waals surface area contributed by atoms with Crippen LogP contribution in [0.25, 0.3) is 0 Å². The molecule has 0 saturated carbocycles. The van der Waals surface area contributed by atoms with Gasteiger partial charge in [-0.2, -0.15) is 0 Å². The number of piperidine rings is 1. The lowest BCUT2D eigenvalue weighted by Gasteiger charge is -2.34. The molecule has 1 aliphatic heterocycles. The van der Waals surface area contributed by atoms with E-state index < -0.39 is 0 Å². The molecular formula is C21H35N5O. The van der Waals surface area contributed by atoms with Crippen LogP contribution in [0.1, 0.15) is 44.2 Å². The van der Waals surface area contributed by atoms with Crippen molar-refractivity contribution in [3.05, 3.63) is 35.4 Å². The summed E-state index contributed by atoms with van der Waals surface area (Å²) >= 11 is 0. The highest BCUT2D eigenvalue weighted by atomic mass is 16.1. The summed E-state index contributed by atoms with van der Waals surface area (Å²) in [5, 5.41) is 3.52. The van der Waals surface area contributed by atoms with E-state index >= 15 is 0 Å². The highest BCUT2D eigenvalue weighted by Crippen LogP contribution is 2.19. The molecule has 1 aliphatic rings. The van der Waals surface area contributed by atoms with Crippen molar-refractivity contribution in [2.24, 2.45) is 16.6 Å². The van der Waals surface area contributed by atoms with Crippen molar-refractivity contribution in [1.82, 2.24) is 15.1 Å². The Kier molecular flexibility index (Phi) is 8.58. The number of primary amides is 1. The Morgan fingerprint density at radius 2 is 2.00 bits per heavy atom. The van der Waals surface area contributed by atoms with Gasteiger partial charge >= 0.3 is 0 Å². The van der Waals surface area contributed by atoms with Crippen LogP contribution in [0.4, 0.5) is 0 Å². The Balaban J connectivity index is 1.99. The molecule has 0 bridgehead atoms. The predicted octanol–water partition coefficient (Wildman–Crippen LogP) is 2.19. The first-order chi connectivity index (χ1) is 13.1. The number of hydrogen-bond donors (Lipinski definition) is 2. The van der Waals surface area contributed by atoms with Gasteiger partial charge in [-0.25, -0.2) is 0 Å². The topological polar surface area (TPSA) is 74.0 Å². The molecule has 1 saturated heterocycles.